The molecule has 0 radical (unpaired) electrons. The van der Waals surface area contributed by atoms with Gasteiger partial charge in [0.25, 0.3) is 0 Å². The third-order valence-corrected chi connectivity index (χ3v) is 3.86. The minimum atomic E-state index is 0.608. The van der Waals surface area contributed by atoms with E-state index in [-0.39, 0.29) is 0 Å². The Morgan fingerprint density at radius 3 is 2.81 bits per heavy atom. The average Bonchev–Trinajstić information content (AvgIpc) is 2.75. The largest absolute Gasteiger partial charge is 0.368 e. The Labute approximate surface area is 128 Å². The van der Waals surface area contributed by atoms with Gasteiger partial charge in [0.05, 0.1) is 11.2 Å². The Bertz CT molecular complexity index is 793. The molecule has 2 heterocycles. The van der Waals surface area contributed by atoms with E-state index in [2.05, 4.69) is 20.3 Å². The van der Waals surface area contributed by atoms with Crippen LogP contribution in [0.15, 0.2) is 24.3 Å². The molecule has 2 aromatic heterocycles. The van der Waals surface area contributed by atoms with Crippen LogP contribution in [0.1, 0.15) is 5.69 Å². The number of aryl methyl sites for hydroxylation is 1. The fourth-order valence-electron chi connectivity index (χ4n) is 2.32. The summed E-state index contributed by atoms with van der Waals surface area (Å²) in [6, 6.07) is 8.08. The van der Waals surface area contributed by atoms with E-state index in [0.29, 0.717) is 10.7 Å². The fraction of sp³-hybridized carbons (Fsp3) is 0.333. The van der Waals surface area contributed by atoms with Crippen LogP contribution in [0, 0.1) is 6.92 Å². The topological polar surface area (TPSA) is 45.5 Å². The van der Waals surface area contributed by atoms with Gasteiger partial charge in [-0.15, -0.1) is 0 Å². The summed E-state index contributed by atoms with van der Waals surface area (Å²) in [5.41, 5.74) is 2.49. The summed E-state index contributed by atoms with van der Waals surface area (Å²) in [7, 11) is 4.10. The molecule has 0 aliphatic carbocycles. The third-order valence-electron chi connectivity index (χ3n) is 3.42. The molecule has 1 N–H and O–H groups in total. The van der Waals surface area contributed by atoms with Crippen LogP contribution in [-0.2, 0) is 0 Å². The van der Waals surface area contributed by atoms with E-state index in [4.69, 9.17) is 11.6 Å². The summed E-state index contributed by atoms with van der Waals surface area (Å²) in [5, 5.41) is 9.52. The number of nitrogens with one attached hydrogen (secondary N) is 1. The van der Waals surface area contributed by atoms with Gasteiger partial charge in [0.1, 0.15) is 10.8 Å². The Morgan fingerprint density at radius 2 is 2.05 bits per heavy atom. The van der Waals surface area contributed by atoms with Crippen LogP contribution >= 0.6 is 11.6 Å². The maximum Gasteiger partial charge on any atom is 0.176 e. The Hall–Kier alpha value is -1.85. The van der Waals surface area contributed by atoms with Gasteiger partial charge in [-0.05, 0) is 33.2 Å². The molecule has 0 aliphatic heterocycles. The highest BCUT2D eigenvalue weighted by Crippen LogP contribution is 2.27. The van der Waals surface area contributed by atoms with Crippen LogP contribution in [-0.4, -0.2) is 46.7 Å². The number of halogens is 1. The summed E-state index contributed by atoms with van der Waals surface area (Å²) in [6.45, 7) is 3.66. The van der Waals surface area contributed by atoms with Crippen LogP contribution in [0.4, 0.5) is 5.82 Å². The number of fused-ring (bicyclic) bond motifs is 3. The van der Waals surface area contributed by atoms with Crippen molar-refractivity contribution in [3.05, 3.63) is 35.0 Å². The van der Waals surface area contributed by atoms with Crippen molar-refractivity contribution in [2.75, 3.05) is 32.5 Å². The molecule has 110 valence electrons. The summed E-state index contributed by atoms with van der Waals surface area (Å²) >= 11 is 6.32. The van der Waals surface area contributed by atoms with E-state index in [9.17, 15) is 0 Å². The van der Waals surface area contributed by atoms with Gasteiger partial charge in [-0.1, -0.05) is 23.7 Å². The van der Waals surface area contributed by atoms with E-state index in [1.165, 1.54) is 0 Å². The van der Waals surface area contributed by atoms with E-state index in [1.807, 2.05) is 49.8 Å². The number of nitrogens with zero attached hydrogens (tertiary/aromatic N) is 4. The molecule has 21 heavy (non-hydrogen) atoms. The van der Waals surface area contributed by atoms with Crippen molar-refractivity contribution in [1.82, 2.24) is 19.5 Å². The van der Waals surface area contributed by atoms with Gasteiger partial charge in [0, 0.05) is 18.5 Å². The van der Waals surface area contributed by atoms with Gasteiger partial charge in [0.15, 0.2) is 5.65 Å². The van der Waals surface area contributed by atoms with Gasteiger partial charge in [-0.2, -0.15) is 5.10 Å². The first-order chi connectivity index (χ1) is 10.1. The molecule has 0 bridgehead atoms. The number of likely N-dealkylation sites (N-methyl/N-ethyl adjacent to an activating group) is 1. The van der Waals surface area contributed by atoms with Gasteiger partial charge >= 0.3 is 0 Å². The fourth-order valence-corrected chi connectivity index (χ4v) is 2.48. The lowest BCUT2D eigenvalue weighted by atomic mass is 10.2. The lowest BCUT2D eigenvalue weighted by Crippen LogP contribution is -2.21. The maximum absolute atomic E-state index is 6.32. The zero-order valence-corrected chi connectivity index (χ0v) is 13.1. The first kappa shape index (κ1) is 14.1. The molecule has 0 amide bonds. The molecule has 0 saturated heterocycles. The molecule has 5 nitrogen and oxygen atoms in total. The maximum atomic E-state index is 6.32. The number of rotatable bonds is 4. The van der Waals surface area contributed by atoms with Crippen LogP contribution in [0.3, 0.4) is 0 Å². The van der Waals surface area contributed by atoms with Crippen LogP contribution in [0.25, 0.3) is 16.6 Å². The normalized spacial score (nSPS) is 11.7. The second-order valence-electron chi connectivity index (χ2n) is 5.34. The van der Waals surface area contributed by atoms with Crippen molar-refractivity contribution in [1.29, 1.82) is 0 Å². The van der Waals surface area contributed by atoms with Crippen molar-refractivity contribution in [3.63, 3.8) is 0 Å². The minimum Gasteiger partial charge on any atom is -0.368 e. The highest BCUT2D eigenvalue weighted by atomic mass is 35.5. The van der Waals surface area contributed by atoms with Gasteiger partial charge < -0.3 is 10.2 Å². The monoisotopic (exact) mass is 303 g/mol. The van der Waals surface area contributed by atoms with Crippen molar-refractivity contribution in [2.45, 2.75) is 6.92 Å². The van der Waals surface area contributed by atoms with Crippen LogP contribution in [0.5, 0.6) is 0 Å². The Kier molecular flexibility index (Phi) is 3.69. The summed E-state index contributed by atoms with van der Waals surface area (Å²) in [4.78, 5) is 6.79. The molecule has 0 spiro atoms. The molecule has 3 aromatic rings. The third kappa shape index (κ3) is 2.54. The predicted molar refractivity (Wildman–Crippen MR) is 87.3 cm³/mol. The number of para-hydroxylation sites is 1. The quantitative estimate of drug-likeness (QED) is 0.805. The second-order valence-corrected chi connectivity index (χ2v) is 5.72. The van der Waals surface area contributed by atoms with Gasteiger partial charge in [-0.25, -0.2) is 9.50 Å². The SMILES string of the molecule is Cc1nn2c(nc(NCCN(C)C)c3ccccc32)c1Cl. The minimum absolute atomic E-state index is 0.608. The smallest absolute Gasteiger partial charge is 0.176 e. The molecule has 0 atom stereocenters. The Morgan fingerprint density at radius 1 is 1.29 bits per heavy atom. The molecular weight excluding hydrogens is 286 g/mol. The van der Waals surface area contributed by atoms with Gasteiger partial charge in [-0.3, -0.25) is 0 Å². The first-order valence-corrected chi connectivity index (χ1v) is 7.28. The van der Waals surface area contributed by atoms with Crippen molar-refractivity contribution in [3.8, 4) is 0 Å². The number of anilines is 1. The average molecular weight is 304 g/mol. The number of benzene rings is 1. The molecule has 6 heteroatoms. The first-order valence-electron chi connectivity index (χ1n) is 6.90. The van der Waals surface area contributed by atoms with E-state index < -0.39 is 0 Å². The molecular formula is C15H18ClN5. The zero-order chi connectivity index (χ0) is 15.0. The number of hydrogen-bond donors (Lipinski definition) is 1. The lowest BCUT2D eigenvalue weighted by Gasteiger charge is -2.13. The van der Waals surface area contributed by atoms with Crippen LogP contribution < -0.4 is 5.32 Å². The highest BCUT2D eigenvalue weighted by molar-refractivity contribution is 6.34. The second kappa shape index (κ2) is 5.50. The number of hydrogen-bond acceptors (Lipinski definition) is 4. The number of aromatic nitrogens is 3. The molecule has 1 aromatic carbocycles. The molecule has 0 aliphatic rings. The van der Waals surface area contributed by atoms with Crippen molar-refractivity contribution < 1.29 is 0 Å². The van der Waals surface area contributed by atoms with E-state index in [1.54, 1.807) is 0 Å². The molecule has 0 saturated carbocycles. The van der Waals surface area contributed by atoms with Crippen molar-refractivity contribution >= 4 is 34.0 Å². The molecule has 3 rings (SSSR count). The van der Waals surface area contributed by atoms with E-state index in [0.717, 1.165) is 35.5 Å². The molecule has 0 fully saturated rings. The summed E-state index contributed by atoms with van der Waals surface area (Å²) in [6.07, 6.45) is 0. The van der Waals surface area contributed by atoms with Gasteiger partial charge in [0.2, 0.25) is 0 Å². The van der Waals surface area contributed by atoms with E-state index >= 15 is 0 Å². The predicted octanol–water partition coefficient (Wildman–Crippen LogP) is 2.82. The highest BCUT2D eigenvalue weighted by Gasteiger charge is 2.14. The summed E-state index contributed by atoms with van der Waals surface area (Å²) < 4.78 is 1.81. The van der Waals surface area contributed by atoms with Crippen molar-refractivity contribution in [2.24, 2.45) is 0 Å². The lowest BCUT2D eigenvalue weighted by molar-refractivity contribution is 0.425. The van der Waals surface area contributed by atoms with Crippen LogP contribution in [0.2, 0.25) is 5.02 Å². The standard InChI is InChI=1S/C15H18ClN5/c1-10-13(16)15-18-14(17-8-9-20(2)3)11-6-4-5-7-12(11)21(15)19-10/h4-7H,8-9H2,1-3H3,(H,17,18). The summed E-state index contributed by atoms with van der Waals surface area (Å²) in [5.74, 6) is 0.849. The Balaban J connectivity index is 2.14. The molecule has 0 unspecified atom stereocenters. The zero-order valence-electron chi connectivity index (χ0n) is 12.4.